The highest BCUT2D eigenvalue weighted by atomic mass is 32.1. The Labute approximate surface area is 131 Å². The topological polar surface area (TPSA) is 28.7 Å². The maximum Gasteiger partial charge on any atom is 0.139 e. The molecule has 21 heavy (non-hydrogen) atoms. The molecular weight excluding hydrogens is 276 g/mol. The van der Waals surface area contributed by atoms with Gasteiger partial charge in [0.25, 0.3) is 0 Å². The lowest BCUT2D eigenvalue weighted by Gasteiger charge is -2.12. The Morgan fingerprint density at radius 1 is 1.14 bits per heavy atom. The molecule has 0 aliphatic heterocycles. The van der Waals surface area contributed by atoms with Crippen molar-refractivity contribution in [3.8, 4) is 11.4 Å². The van der Waals surface area contributed by atoms with Gasteiger partial charge in [0.05, 0.1) is 0 Å². The van der Waals surface area contributed by atoms with Crippen LogP contribution in [0.2, 0.25) is 0 Å². The molecule has 1 aromatic heterocycles. The fraction of sp³-hybridized carbons (Fsp3) is 0.444. The molecule has 1 heterocycles. The second-order valence-corrected chi connectivity index (χ2v) is 6.70. The van der Waals surface area contributed by atoms with E-state index in [9.17, 15) is 0 Å². The van der Waals surface area contributed by atoms with Crippen molar-refractivity contribution in [3.63, 3.8) is 0 Å². The fourth-order valence-electron chi connectivity index (χ4n) is 3.10. The van der Waals surface area contributed by atoms with Crippen LogP contribution in [-0.2, 0) is 0 Å². The Bertz CT molecular complexity index is 664. The second kappa shape index (κ2) is 6.10. The Kier molecular flexibility index (Phi) is 4.20. The smallest absolute Gasteiger partial charge is 0.139 e. The zero-order chi connectivity index (χ0) is 14.8. The predicted octanol–water partition coefficient (Wildman–Crippen LogP) is 5.59. The molecule has 1 aromatic carbocycles. The van der Waals surface area contributed by atoms with Crippen molar-refractivity contribution >= 4 is 12.2 Å². The lowest BCUT2D eigenvalue weighted by atomic mass is 10.0. The van der Waals surface area contributed by atoms with E-state index in [0.717, 1.165) is 11.4 Å². The molecule has 0 radical (unpaired) electrons. The molecule has 110 valence electrons. The van der Waals surface area contributed by atoms with Gasteiger partial charge in [-0.25, -0.2) is 4.98 Å². The van der Waals surface area contributed by atoms with E-state index in [1.165, 1.54) is 36.9 Å². The molecule has 0 saturated heterocycles. The maximum atomic E-state index is 5.36. The normalized spacial score (nSPS) is 15.8. The number of benzene rings is 1. The summed E-state index contributed by atoms with van der Waals surface area (Å²) in [6.45, 7) is 4.42. The molecule has 1 aliphatic rings. The van der Waals surface area contributed by atoms with E-state index in [-0.39, 0.29) is 0 Å². The van der Waals surface area contributed by atoms with Gasteiger partial charge in [-0.15, -0.1) is 0 Å². The molecule has 0 amide bonds. The first-order chi connectivity index (χ1) is 10.1. The molecule has 2 nitrogen and oxygen atoms in total. The van der Waals surface area contributed by atoms with Gasteiger partial charge in [-0.1, -0.05) is 63.2 Å². The Morgan fingerprint density at radius 2 is 1.81 bits per heavy atom. The van der Waals surface area contributed by atoms with Gasteiger partial charge >= 0.3 is 0 Å². The summed E-state index contributed by atoms with van der Waals surface area (Å²) in [5.41, 5.74) is 3.73. The van der Waals surface area contributed by atoms with Crippen LogP contribution in [0, 0.1) is 4.64 Å². The zero-order valence-corrected chi connectivity index (χ0v) is 13.5. The molecule has 0 spiro atoms. The molecule has 0 bridgehead atoms. The van der Waals surface area contributed by atoms with Crippen LogP contribution < -0.4 is 0 Å². The van der Waals surface area contributed by atoms with Crippen LogP contribution >= 0.6 is 12.2 Å². The van der Waals surface area contributed by atoms with Crippen LogP contribution in [0.5, 0.6) is 0 Å². The highest BCUT2D eigenvalue weighted by molar-refractivity contribution is 7.71. The van der Waals surface area contributed by atoms with Crippen molar-refractivity contribution in [2.75, 3.05) is 0 Å². The Balaban J connectivity index is 1.95. The van der Waals surface area contributed by atoms with Gasteiger partial charge in [0.15, 0.2) is 0 Å². The molecule has 1 saturated carbocycles. The molecule has 1 aliphatic carbocycles. The molecular formula is C18H22N2S. The average Bonchev–Trinajstić information content (AvgIpc) is 3.01. The Hall–Kier alpha value is -1.48. The molecule has 0 unspecified atom stereocenters. The highest BCUT2D eigenvalue weighted by Gasteiger charge is 2.18. The van der Waals surface area contributed by atoms with Crippen molar-refractivity contribution < 1.29 is 0 Å². The number of nitrogens with one attached hydrogen (secondary N) is 1. The number of hydrogen-bond donors (Lipinski definition) is 1. The molecule has 1 N–H and O–H groups in total. The number of aromatic nitrogens is 2. The van der Waals surface area contributed by atoms with Gasteiger partial charge in [-0.05, 0) is 36.3 Å². The fourth-order valence-corrected chi connectivity index (χ4v) is 3.31. The number of aromatic amines is 1. The van der Waals surface area contributed by atoms with Gasteiger partial charge in [0.2, 0.25) is 0 Å². The van der Waals surface area contributed by atoms with E-state index >= 15 is 0 Å². The number of hydrogen-bond acceptors (Lipinski definition) is 2. The summed E-state index contributed by atoms with van der Waals surface area (Å²) >= 11 is 5.36. The second-order valence-electron chi connectivity index (χ2n) is 6.28. The van der Waals surface area contributed by atoms with E-state index in [4.69, 9.17) is 12.2 Å². The Morgan fingerprint density at radius 3 is 2.43 bits per heavy atom. The van der Waals surface area contributed by atoms with Crippen LogP contribution in [0.25, 0.3) is 11.4 Å². The van der Waals surface area contributed by atoms with Gasteiger partial charge < -0.3 is 4.98 Å². The van der Waals surface area contributed by atoms with Crippen molar-refractivity contribution in [2.24, 2.45) is 0 Å². The summed E-state index contributed by atoms with van der Waals surface area (Å²) < 4.78 is 0.693. The third-order valence-corrected chi connectivity index (χ3v) is 4.62. The molecule has 2 aromatic rings. The van der Waals surface area contributed by atoms with E-state index in [2.05, 4.69) is 48.1 Å². The maximum absolute atomic E-state index is 5.36. The third kappa shape index (κ3) is 3.24. The van der Waals surface area contributed by atoms with Crippen LogP contribution in [0.15, 0.2) is 30.3 Å². The number of H-pyrrole nitrogens is 1. The van der Waals surface area contributed by atoms with Gasteiger partial charge in [-0.2, -0.15) is 0 Å². The first-order valence-corrected chi connectivity index (χ1v) is 8.26. The summed E-state index contributed by atoms with van der Waals surface area (Å²) in [7, 11) is 0. The minimum atomic E-state index is 0.551. The van der Waals surface area contributed by atoms with Crippen LogP contribution in [0.3, 0.4) is 0 Å². The highest BCUT2D eigenvalue weighted by Crippen LogP contribution is 2.33. The molecule has 1 fully saturated rings. The van der Waals surface area contributed by atoms with Crippen molar-refractivity contribution in [1.29, 1.82) is 0 Å². The molecule has 3 rings (SSSR count). The minimum absolute atomic E-state index is 0.551. The predicted molar refractivity (Wildman–Crippen MR) is 90.2 cm³/mol. The summed E-state index contributed by atoms with van der Waals surface area (Å²) in [4.78, 5) is 8.02. The zero-order valence-electron chi connectivity index (χ0n) is 12.7. The van der Waals surface area contributed by atoms with Crippen molar-refractivity contribution in [3.05, 3.63) is 46.2 Å². The van der Waals surface area contributed by atoms with Gasteiger partial charge in [-0.3, -0.25) is 0 Å². The minimum Gasteiger partial charge on any atom is -0.343 e. The number of nitrogens with zero attached hydrogens (tertiary/aromatic N) is 1. The molecule has 3 heteroatoms. The first-order valence-electron chi connectivity index (χ1n) is 7.85. The summed E-state index contributed by atoms with van der Waals surface area (Å²) in [5.74, 6) is 2.08. The van der Waals surface area contributed by atoms with Gasteiger partial charge in [0, 0.05) is 11.3 Å². The summed E-state index contributed by atoms with van der Waals surface area (Å²) in [5, 5.41) is 0. The summed E-state index contributed by atoms with van der Waals surface area (Å²) in [6.07, 6.45) is 5.18. The standard InChI is InChI=1S/C18H22N2S/c1-12(2)13-7-9-15(10-8-13)18-19-16(11-17(21)20-18)14-5-3-4-6-14/h7-12,14H,3-6H2,1-2H3,(H,19,20,21). The van der Waals surface area contributed by atoms with Crippen molar-refractivity contribution in [1.82, 2.24) is 9.97 Å². The lowest BCUT2D eigenvalue weighted by molar-refractivity contribution is 0.694. The lowest BCUT2D eigenvalue weighted by Crippen LogP contribution is -2.00. The van der Waals surface area contributed by atoms with E-state index in [1.54, 1.807) is 0 Å². The van der Waals surface area contributed by atoms with Crippen LogP contribution in [-0.4, -0.2) is 9.97 Å². The summed E-state index contributed by atoms with van der Waals surface area (Å²) in [6, 6.07) is 10.7. The van der Waals surface area contributed by atoms with Gasteiger partial charge in [0.1, 0.15) is 10.5 Å². The monoisotopic (exact) mass is 298 g/mol. The van der Waals surface area contributed by atoms with E-state index in [1.807, 2.05) is 6.07 Å². The van der Waals surface area contributed by atoms with E-state index in [0.29, 0.717) is 16.5 Å². The van der Waals surface area contributed by atoms with Crippen LogP contribution in [0.4, 0.5) is 0 Å². The van der Waals surface area contributed by atoms with Crippen LogP contribution in [0.1, 0.15) is 62.6 Å². The van der Waals surface area contributed by atoms with Crippen molar-refractivity contribution in [2.45, 2.75) is 51.4 Å². The molecule has 0 atom stereocenters. The third-order valence-electron chi connectivity index (χ3n) is 4.41. The number of rotatable bonds is 3. The SMILES string of the molecule is CC(C)c1ccc(-c2nc(=S)cc(C3CCCC3)[nH]2)cc1. The first kappa shape index (κ1) is 14.5. The van der Waals surface area contributed by atoms with E-state index < -0.39 is 0 Å². The quantitative estimate of drug-likeness (QED) is 0.748. The average molecular weight is 298 g/mol. The largest absolute Gasteiger partial charge is 0.343 e.